The quantitative estimate of drug-likeness (QED) is 0.588. The number of rotatable bonds is 2. The number of anilines is 1. The number of nitro groups is 1. The monoisotopic (exact) mass is 221 g/mol. The van der Waals surface area contributed by atoms with Crippen LogP contribution in [0.4, 0.5) is 11.4 Å². The van der Waals surface area contributed by atoms with Gasteiger partial charge >= 0.3 is 0 Å². The molecule has 16 heavy (non-hydrogen) atoms. The van der Waals surface area contributed by atoms with Gasteiger partial charge in [0, 0.05) is 12.5 Å². The van der Waals surface area contributed by atoms with E-state index in [0.717, 1.165) is 0 Å². The summed E-state index contributed by atoms with van der Waals surface area (Å²) in [6, 6.07) is 4.36. The van der Waals surface area contributed by atoms with Gasteiger partial charge in [-0.3, -0.25) is 10.1 Å². The Morgan fingerprint density at radius 2 is 2.31 bits per heavy atom. The van der Waals surface area contributed by atoms with Crippen molar-refractivity contribution in [3.05, 3.63) is 39.9 Å². The average molecular weight is 221 g/mol. The van der Waals surface area contributed by atoms with Crippen molar-refractivity contribution in [3.63, 3.8) is 0 Å². The molecular formula is C10H11N3O3. The fourth-order valence-corrected chi connectivity index (χ4v) is 1.48. The normalized spacial score (nSPS) is 13.8. The second kappa shape index (κ2) is 3.73. The number of hydrogen-bond donors (Lipinski definition) is 2. The second-order valence-electron chi connectivity index (χ2n) is 3.36. The highest BCUT2D eigenvalue weighted by Gasteiger charge is 2.19. The molecule has 1 aliphatic heterocycles. The van der Waals surface area contributed by atoms with Gasteiger partial charge in [0.25, 0.3) is 5.69 Å². The van der Waals surface area contributed by atoms with Gasteiger partial charge in [-0.15, -0.1) is 0 Å². The van der Waals surface area contributed by atoms with E-state index in [0.29, 0.717) is 29.4 Å². The van der Waals surface area contributed by atoms with Crippen LogP contribution < -0.4 is 15.8 Å². The zero-order valence-corrected chi connectivity index (χ0v) is 8.69. The lowest BCUT2D eigenvalue weighted by Gasteiger charge is -2.21. The number of nitrogens with one attached hydrogen (secondary N) is 1. The van der Waals surface area contributed by atoms with Crippen LogP contribution in [0.3, 0.4) is 0 Å². The Bertz CT molecular complexity index is 482. The van der Waals surface area contributed by atoms with Crippen molar-refractivity contribution in [3.8, 4) is 5.75 Å². The molecule has 0 atom stereocenters. The van der Waals surface area contributed by atoms with Gasteiger partial charge in [0.15, 0.2) is 5.75 Å². The molecule has 6 nitrogen and oxygen atoms in total. The molecule has 0 fully saturated rings. The number of benzene rings is 1. The predicted molar refractivity (Wildman–Crippen MR) is 58.9 cm³/mol. The van der Waals surface area contributed by atoms with Crippen molar-refractivity contribution in [2.45, 2.75) is 13.3 Å². The van der Waals surface area contributed by atoms with Crippen LogP contribution in [-0.4, -0.2) is 4.92 Å². The van der Waals surface area contributed by atoms with Crippen LogP contribution in [0.15, 0.2) is 29.8 Å². The molecule has 1 aromatic rings. The third kappa shape index (κ3) is 1.65. The standard InChI is InChI=1S/C10H11N3O3/c1-2-8-10(11)12-7-4-3-6(13(14)15)5-9(7)16-8/h3-5,12H,2,11H2,1H3. The van der Waals surface area contributed by atoms with Gasteiger partial charge in [0.05, 0.1) is 16.7 Å². The molecule has 0 bridgehead atoms. The molecule has 6 heteroatoms. The molecule has 0 spiro atoms. The molecule has 0 amide bonds. The number of fused-ring (bicyclic) bond motifs is 1. The maximum absolute atomic E-state index is 10.6. The topological polar surface area (TPSA) is 90.4 Å². The molecule has 1 aliphatic rings. The van der Waals surface area contributed by atoms with Crippen LogP contribution in [0, 0.1) is 10.1 Å². The number of nitrogens with zero attached hydrogens (tertiary/aromatic N) is 1. The highest BCUT2D eigenvalue weighted by molar-refractivity contribution is 5.65. The third-order valence-corrected chi connectivity index (χ3v) is 2.30. The van der Waals surface area contributed by atoms with Crippen LogP contribution in [-0.2, 0) is 0 Å². The highest BCUT2D eigenvalue weighted by atomic mass is 16.6. The number of allylic oxidation sites excluding steroid dienone is 1. The van der Waals surface area contributed by atoms with E-state index in [2.05, 4.69) is 5.32 Å². The maximum Gasteiger partial charge on any atom is 0.273 e. The summed E-state index contributed by atoms with van der Waals surface area (Å²) in [6.45, 7) is 1.90. The third-order valence-electron chi connectivity index (χ3n) is 2.30. The van der Waals surface area contributed by atoms with E-state index in [9.17, 15) is 10.1 Å². The van der Waals surface area contributed by atoms with Crippen LogP contribution in [0.25, 0.3) is 0 Å². The van der Waals surface area contributed by atoms with Crippen LogP contribution in [0.1, 0.15) is 13.3 Å². The van der Waals surface area contributed by atoms with E-state index in [1.807, 2.05) is 6.92 Å². The average Bonchev–Trinajstić information content (AvgIpc) is 2.27. The smallest absolute Gasteiger partial charge is 0.273 e. The summed E-state index contributed by atoms with van der Waals surface area (Å²) in [5.41, 5.74) is 6.35. The molecule has 1 aromatic carbocycles. The Morgan fingerprint density at radius 1 is 1.56 bits per heavy atom. The summed E-state index contributed by atoms with van der Waals surface area (Å²) in [5, 5.41) is 13.5. The van der Waals surface area contributed by atoms with E-state index >= 15 is 0 Å². The van der Waals surface area contributed by atoms with Crippen molar-refractivity contribution < 1.29 is 9.66 Å². The van der Waals surface area contributed by atoms with Crippen molar-refractivity contribution >= 4 is 11.4 Å². The Kier molecular flexibility index (Phi) is 2.40. The Labute approximate surface area is 91.9 Å². The van der Waals surface area contributed by atoms with Gasteiger partial charge in [-0.05, 0) is 6.07 Å². The van der Waals surface area contributed by atoms with E-state index < -0.39 is 4.92 Å². The van der Waals surface area contributed by atoms with Crippen molar-refractivity contribution in [2.75, 3.05) is 5.32 Å². The first-order valence-electron chi connectivity index (χ1n) is 4.83. The molecule has 0 saturated carbocycles. The fourth-order valence-electron chi connectivity index (χ4n) is 1.48. The molecule has 0 aliphatic carbocycles. The zero-order chi connectivity index (χ0) is 11.7. The van der Waals surface area contributed by atoms with Crippen LogP contribution in [0.5, 0.6) is 5.75 Å². The lowest BCUT2D eigenvalue weighted by molar-refractivity contribution is -0.384. The predicted octanol–water partition coefficient (Wildman–Crippen LogP) is 1.94. The molecule has 0 saturated heterocycles. The minimum atomic E-state index is -0.461. The number of nitro benzene ring substituents is 1. The largest absolute Gasteiger partial charge is 0.456 e. The first-order valence-corrected chi connectivity index (χ1v) is 4.83. The summed E-state index contributed by atoms with van der Waals surface area (Å²) < 4.78 is 5.47. The molecule has 2 rings (SSSR count). The lowest BCUT2D eigenvalue weighted by Crippen LogP contribution is -2.20. The number of ether oxygens (including phenoxy) is 1. The maximum atomic E-state index is 10.6. The second-order valence-corrected chi connectivity index (χ2v) is 3.36. The lowest BCUT2D eigenvalue weighted by atomic mass is 10.2. The molecule has 3 N–H and O–H groups in total. The van der Waals surface area contributed by atoms with E-state index in [4.69, 9.17) is 10.5 Å². The van der Waals surface area contributed by atoms with Gasteiger partial charge in [0.1, 0.15) is 11.6 Å². The van der Waals surface area contributed by atoms with Crippen molar-refractivity contribution in [1.29, 1.82) is 0 Å². The number of nitrogens with two attached hydrogens (primary N) is 1. The van der Waals surface area contributed by atoms with Gasteiger partial charge in [-0.25, -0.2) is 0 Å². The summed E-state index contributed by atoms with van der Waals surface area (Å²) in [6.07, 6.45) is 0.626. The number of hydrogen-bond acceptors (Lipinski definition) is 5. The van der Waals surface area contributed by atoms with E-state index in [1.165, 1.54) is 12.1 Å². The Hall–Kier alpha value is -2.24. The molecule has 0 unspecified atom stereocenters. The first kappa shape index (κ1) is 10.3. The van der Waals surface area contributed by atoms with Gasteiger partial charge in [0.2, 0.25) is 0 Å². The highest BCUT2D eigenvalue weighted by Crippen LogP contribution is 2.34. The number of non-ortho nitro benzene ring substituents is 1. The molecular weight excluding hydrogens is 210 g/mol. The summed E-state index contributed by atoms with van der Waals surface area (Å²) in [7, 11) is 0. The summed E-state index contributed by atoms with van der Waals surface area (Å²) >= 11 is 0. The van der Waals surface area contributed by atoms with Crippen LogP contribution in [0.2, 0.25) is 0 Å². The van der Waals surface area contributed by atoms with Gasteiger partial charge in [-0.2, -0.15) is 0 Å². The SMILES string of the molecule is CCC1=C(N)Nc2ccc([N+](=O)[O-])cc2O1. The van der Waals surface area contributed by atoms with E-state index in [1.54, 1.807) is 6.07 Å². The first-order chi connectivity index (χ1) is 7.61. The summed E-state index contributed by atoms with van der Waals surface area (Å²) in [5.74, 6) is 1.47. The molecule has 0 aromatic heterocycles. The minimum absolute atomic E-state index is 0.00326. The zero-order valence-electron chi connectivity index (χ0n) is 8.69. The van der Waals surface area contributed by atoms with Gasteiger partial charge in [-0.1, -0.05) is 6.92 Å². The van der Waals surface area contributed by atoms with Gasteiger partial charge < -0.3 is 15.8 Å². The molecule has 0 radical (unpaired) electrons. The van der Waals surface area contributed by atoms with E-state index in [-0.39, 0.29) is 5.69 Å². The molecule has 1 heterocycles. The Balaban J connectivity index is 2.39. The fraction of sp³-hybridized carbons (Fsp3) is 0.200. The Morgan fingerprint density at radius 3 is 2.94 bits per heavy atom. The molecule has 84 valence electrons. The van der Waals surface area contributed by atoms with Crippen LogP contribution >= 0.6 is 0 Å². The van der Waals surface area contributed by atoms with Crippen molar-refractivity contribution in [2.24, 2.45) is 5.73 Å². The van der Waals surface area contributed by atoms with Crippen molar-refractivity contribution in [1.82, 2.24) is 0 Å². The summed E-state index contributed by atoms with van der Waals surface area (Å²) in [4.78, 5) is 10.1. The minimum Gasteiger partial charge on any atom is -0.456 e.